The summed E-state index contributed by atoms with van der Waals surface area (Å²) in [7, 11) is 2.69. The molecule has 0 nitrogen and oxygen atoms in total. The van der Waals surface area contributed by atoms with Gasteiger partial charge in [0.2, 0.25) is 0 Å². The van der Waals surface area contributed by atoms with Gasteiger partial charge in [-0.1, -0.05) is 24.3 Å². The normalized spacial score (nSPS) is 9.80. The maximum atomic E-state index is 5.62. The molecule has 1 unspecified atom stereocenters. The average molecular weight is 173 g/mol. The molecule has 0 aliphatic heterocycles. The van der Waals surface area contributed by atoms with E-state index in [-0.39, 0.29) is 0 Å². The van der Waals surface area contributed by atoms with Gasteiger partial charge in [-0.2, -0.15) is 0 Å². The fourth-order valence-corrected chi connectivity index (χ4v) is 1.21. The first kappa shape index (κ1) is 8.04. The third-order valence-electron chi connectivity index (χ3n) is 1.41. The molecule has 0 aliphatic carbocycles. The highest BCUT2D eigenvalue weighted by molar-refractivity contribution is 7.15. The Balaban J connectivity index is 2.80. The lowest BCUT2D eigenvalue weighted by atomic mass is 10.2. The van der Waals surface area contributed by atoms with Crippen molar-refractivity contribution in [3.05, 3.63) is 35.4 Å². The Morgan fingerprint density at radius 1 is 1.10 bits per heavy atom. The van der Waals surface area contributed by atoms with Gasteiger partial charge in [0.05, 0.1) is 0 Å². The van der Waals surface area contributed by atoms with Gasteiger partial charge in [0, 0.05) is 5.88 Å². The van der Waals surface area contributed by atoms with Crippen LogP contribution in [0.2, 0.25) is 0 Å². The minimum atomic E-state index is 0.608. The molecule has 1 atom stereocenters. The van der Waals surface area contributed by atoms with Crippen LogP contribution < -0.4 is 0 Å². The molecule has 1 aromatic carbocycles. The summed E-state index contributed by atoms with van der Waals surface area (Å²) < 4.78 is 0. The van der Waals surface area contributed by atoms with Crippen molar-refractivity contribution in [1.29, 1.82) is 0 Å². The molecule has 0 aliphatic rings. The van der Waals surface area contributed by atoms with Gasteiger partial charge in [-0.05, 0) is 17.3 Å². The average Bonchev–Trinajstić information content (AvgIpc) is 2.05. The lowest BCUT2D eigenvalue weighted by Gasteiger charge is -1.96. The fourth-order valence-electron chi connectivity index (χ4n) is 0.764. The molecule has 0 heterocycles. The van der Waals surface area contributed by atoms with Gasteiger partial charge < -0.3 is 0 Å². The molecule has 10 heavy (non-hydrogen) atoms. The van der Waals surface area contributed by atoms with E-state index in [0.29, 0.717) is 5.88 Å². The van der Waals surface area contributed by atoms with Crippen LogP contribution >= 0.6 is 20.8 Å². The zero-order chi connectivity index (χ0) is 7.40. The van der Waals surface area contributed by atoms with Crippen LogP contribution in [0, 0.1) is 0 Å². The molecule has 0 aromatic heterocycles. The summed E-state index contributed by atoms with van der Waals surface area (Å²) in [6, 6.07) is 8.33. The van der Waals surface area contributed by atoms with Crippen molar-refractivity contribution >= 4 is 20.8 Å². The molecular formula is C8H10ClP. The Morgan fingerprint density at radius 3 is 2.00 bits per heavy atom. The van der Waals surface area contributed by atoms with Crippen molar-refractivity contribution in [2.45, 2.75) is 12.0 Å². The number of benzene rings is 1. The van der Waals surface area contributed by atoms with Crippen LogP contribution in [-0.4, -0.2) is 0 Å². The lowest BCUT2D eigenvalue weighted by molar-refractivity contribution is 1.34. The molecule has 0 bridgehead atoms. The van der Waals surface area contributed by atoms with Gasteiger partial charge >= 0.3 is 0 Å². The largest absolute Gasteiger partial charge is 0.133 e. The van der Waals surface area contributed by atoms with Gasteiger partial charge in [0.25, 0.3) is 0 Å². The summed E-state index contributed by atoms with van der Waals surface area (Å²) in [6.07, 6.45) is 1.02. The first-order valence-electron chi connectivity index (χ1n) is 3.20. The van der Waals surface area contributed by atoms with Crippen molar-refractivity contribution < 1.29 is 0 Å². The number of hydrogen-bond donors (Lipinski definition) is 0. The zero-order valence-corrected chi connectivity index (χ0v) is 7.59. The van der Waals surface area contributed by atoms with E-state index in [1.807, 2.05) is 0 Å². The lowest BCUT2D eigenvalue weighted by Crippen LogP contribution is -1.79. The smallest absolute Gasteiger partial charge is 0.0474 e. The Hall–Kier alpha value is -0.0600. The van der Waals surface area contributed by atoms with E-state index < -0.39 is 0 Å². The summed E-state index contributed by atoms with van der Waals surface area (Å²) in [4.78, 5) is 0. The quantitative estimate of drug-likeness (QED) is 0.476. The third-order valence-corrected chi connectivity index (χ3v) is 2.19. The van der Waals surface area contributed by atoms with Crippen LogP contribution in [0.1, 0.15) is 11.1 Å². The maximum absolute atomic E-state index is 5.62. The van der Waals surface area contributed by atoms with Gasteiger partial charge in [-0.3, -0.25) is 0 Å². The summed E-state index contributed by atoms with van der Waals surface area (Å²) in [5.41, 5.74) is 2.52. The van der Waals surface area contributed by atoms with E-state index in [4.69, 9.17) is 11.6 Å². The maximum Gasteiger partial charge on any atom is 0.0474 e. The summed E-state index contributed by atoms with van der Waals surface area (Å²) in [6.45, 7) is 0. The molecule has 54 valence electrons. The van der Waals surface area contributed by atoms with Crippen LogP contribution in [0.5, 0.6) is 0 Å². The van der Waals surface area contributed by atoms with Crippen LogP contribution in [0.3, 0.4) is 0 Å². The minimum Gasteiger partial charge on any atom is -0.133 e. The molecule has 1 aromatic rings. The van der Waals surface area contributed by atoms with E-state index in [0.717, 1.165) is 6.16 Å². The topological polar surface area (TPSA) is 0 Å². The van der Waals surface area contributed by atoms with Gasteiger partial charge in [-0.15, -0.1) is 20.8 Å². The highest BCUT2D eigenvalue weighted by Gasteiger charge is 1.89. The second kappa shape index (κ2) is 3.95. The second-order valence-electron chi connectivity index (χ2n) is 2.15. The summed E-state index contributed by atoms with van der Waals surface area (Å²) >= 11 is 5.62. The number of rotatable bonds is 2. The third kappa shape index (κ3) is 1.97. The molecule has 0 N–H and O–H groups in total. The highest BCUT2D eigenvalue weighted by atomic mass is 35.5. The molecular weight excluding hydrogens is 163 g/mol. The van der Waals surface area contributed by atoms with E-state index in [9.17, 15) is 0 Å². The zero-order valence-electron chi connectivity index (χ0n) is 5.68. The molecule has 0 amide bonds. The van der Waals surface area contributed by atoms with E-state index >= 15 is 0 Å². The Bertz CT molecular complexity index is 170. The Labute approximate surface area is 68.8 Å². The number of hydrogen-bond acceptors (Lipinski definition) is 0. The first-order chi connectivity index (χ1) is 4.86. The summed E-state index contributed by atoms with van der Waals surface area (Å²) in [5.74, 6) is 0.608. The van der Waals surface area contributed by atoms with Crippen molar-refractivity contribution in [2.75, 3.05) is 0 Å². The van der Waals surface area contributed by atoms with Crippen LogP contribution in [0.15, 0.2) is 24.3 Å². The SMILES string of the molecule is PCc1ccc(CCl)cc1. The Kier molecular flexibility index (Phi) is 3.18. The molecule has 2 heteroatoms. The molecule has 0 fully saturated rings. The molecule has 1 rings (SSSR count). The second-order valence-corrected chi connectivity index (χ2v) is 2.83. The van der Waals surface area contributed by atoms with E-state index in [1.165, 1.54) is 11.1 Å². The monoisotopic (exact) mass is 172 g/mol. The van der Waals surface area contributed by atoms with Crippen molar-refractivity contribution in [3.8, 4) is 0 Å². The van der Waals surface area contributed by atoms with Gasteiger partial charge in [0.1, 0.15) is 0 Å². The van der Waals surface area contributed by atoms with Crippen molar-refractivity contribution in [1.82, 2.24) is 0 Å². The Morgan fingerprint density at radius 2 is 1.60 bits per heavy atom. The predicted molar refractivity (Wildman–Crippen MR) is 49.4 cm³/mol. The minimum absolute atomic E-state index is 0.608. The number of halogens is 1. The predicted octanol–water partition coefficient (Wildman–Crippen LogP) is 2.80. The molecule has 0 saturated heterocycles. The van der Waals surface area contributed by atoms with E-state index in [1.54, 1.807) is 0 Å². The summed E-state index contributed by atoms with van der Waals surface area (Å²) in [5, 5.41) is 0. The van der Waals surface area contributed by atoms with Crippen LogP contribution in [-0.2, 0) is 12.0 Å². The van der Waals surface area contributed by atoms with Crippen LogP contribution in [0.25, 0.3) is 0 Å². The van der Waals surface area contributed by atoms with Crippen molar-refractivity contribution in [3.63, 3.8) is 0 Å². The van der Waals surface area contributed by atoms with Crippen molar-refractivity contribution in [2.24, 2.45) is 0 Å². The standard InChI is InChI=1S/C8H10ClP/c9-5-7-1-3-8(6-10)4-2-7/h1-4H,5-6,10H2. The highest BCUT2D eigenvalue weighted by Crippen LogP contribution is 2.09. The molecule has 0 saturated carbocycles. The van der Waals surface area contributed by atoms with E-state index in [2.05, 4.69) is 33.5 Å². The fraction of sp³-hybridized carbons (Fsp3) is 0.250. The molecule has 0 radical (unpaired) electrons. The molecule has 0 spiro atoms. The van der Waals surface area contributed by atoms with Crippen LogP contribution in [0.4, 0.5) is 0 Å². The first-order valence-corrected chi connectivity index (χ1v) is 4.56. The number of alkyl halides is 1. The van der Waals surface area contributed by atoms with Gasteiger partial charge in [-0.25, -0.2) is 0 Å². The van der Waals surface area contributed by atoms with Gasteiger partial charge in [0.15, 0.2) is 0 Å².